The number of rotatable bonds is 9. The van der Waals surface area contributed by atoms with E-state index in [1.54, 1.807) is 30.3 Å². The van der Waals surface area contributed by atoms with Crippen molar-refractivity contribution >= 4 is 40.9 Å². The van der Waals surface area contributed by atoms with Crippen molar-refractivity contribution in [2.75, 3.05) is 6.54 Å². The van der Waals surface area contributed by atoms with E-state index in [2.05, 4.69) is 15.6 Å². The summed E-state index contributed by atoms with van der Waals surface area (Å²) in [5.41, 5.74) is 4.94. The molecule has 0 saturated carbocycles. The average molecular weight is 491 g/mol. The Kier molecular flexibility index (Phi) is 7.83. The molecule has 1 atom stereocenters. The molecule has 4 N–H and O–H groups in total. The lowest BCUT2D eigenvalue weighted by Crippen LogP contribution is -2.47. The van der Waals surface area contributed by atoms with Crippen molar-refractivity contribution in [3.05, 3.63) is 75.5 Å². The highest BCUT2D eigenvalue weighted by molar-refractivity contribution is 6.35. The zero-order valence-corrected chi connectivity index (χ0v) is 18.9. The van der Waals surface area contributed by atoms with Crippen LogP contribution in [0.3, 0.4) is 0 Å². The number of H-pyrrole nitrogens is 1. The highest BCUT2D eigenvalue weighted by Gasteiger charge is 2.21. The quantitative estimate of drug-likeness (QED) is 0.267. The molecule has 0 bridgehead atoms. The molecule has 1 unspecified atom stereocenters. The van der Waals surface area contributed by atoms with Crippen LogP contribution < -0.4 is 5.43 Å². The van der Waals surface area contributed by atoms with Crippen molar-refractivity contribution < 1.29 is 24.6 Å². The molecule has 0 aliphatic rings. The molecule has 3 rings (SSSR count). The van der Waals surface area contributed by atoms with Gasteiger partial charge in [-0.25, -0.2) is 9.80 Å². The maximum absolute atomic E-state index is 12.5. The van der Waals surface area contributed by atoms with E-state index in [0.29, 0.717) is 10.0 Å². The van der Waals surface area contributed by atoms with Crippen LogP contribution in [0, 0.1) is 0 Å². The van der Waals surface area contributed by atoms with Crippen LogP contribution in [0.15, 0.2) is 48.5 Å². The molecular formula is C22H20Cl2N4O5. The topological polar surface area (TPSA) is 136 Å². The number of nitrogens with zero attached hydrogens (tertiary/aromatic N) is 2. The van der Waals surface area contributed by atoms with Gasteiger partial charge in [0.05, 0.1) is 6.54 Å². The van der Waals surface area contributed by atoms with Gasteiger partial charge >= 0.3 is 5.97 Å². The lowest BCUT2D eigenvalue weighted by molar-refractivity contribution is -0.148. The molecule has 11 heteroatoms. The second-order valence-electron chi connectivity index (χ2n) is 7.22. The second kappa shape index (κ2) is 10.6. The normalized spacial score (nSPS) is 11.9. The lowest BCUT2D eigenvalue weighted by atomic mass is 10.0. The highest BCUT2D eigenvalue weighted by Crippen LogP contribution is 2.30. The van der Waals surface area contributed by atoms with E-state index in [-0.39, 0.29) is 30.3 Å². The smallest absolute Gasteiger partial charge is 0.333 e. The van der Waals surface area contributed by atoms with Crippen LogP contribution in [0.2, 0.25) is 10.0 Å². The third kappa shape index (κ3) is 6.39. The molecule has 1 heterocycles. The number of hydrazine groups is 1. The van der Waals surface area contributed by atoms with Gasteiger partial charge in [-0.2, -0.15) is 5.10 Å². The summed E-state index contributed by atoms with van der Waals surface area (Å²) in [6, 6.07) is 13.6. The number of aromatic amines is 1. The maximum Gasteiger partial charge on any atom is 0.333 e. The number of carboxylic acid groups (broad SMARTS) is 1. The molecule has 0 radical (unpaired) electrons. The van der Waals surface area contributed by atoms with Crippen LogP contribution in [0.1, 0.15) is 33.5 Å². The molecule has 33 heavy (non-hydrogen) atoms. The number of aromatic nitrogens is 2. The molecule has 172 valence electrons. The third-order valence-corrected chi connectivity index (χ3v) is 5.25. The number of carbonyl (C=O) groups excluding carboxylic acids is 2. The molecule has 0 saturated heterocycles. The fraction of sp³-hybridized carbons (Fsp3) is 0.182. The van der Waals surface area contributed by atoms with E-state index < -0.39 is 18.0 Å². The summed E-state index contributed by atoms with van der Waals surface area (Å²) in [5.74, 6) is -2.39. The summed E-state index contributed by atoms with van der Waals surface area (Å²) in [5, 5.41) is 27.4. The summed E-state index contributed by atoms with van der Waals surface area (Å²) in [6.07, 6.45) is -1.73. The van der Waals surface area contributed by atoms with Gasteiger partial charge in [-0.15, -0.1) is 0 Å². The summed E-state index contributed by atoms with van der Waals surface area (Å²) < 4.78 is 0. The van der Waals surface area contributed by atoms with E-state index in [0.717, 1.165) is 16.7 Å². The molecule has 0 aliphatic carbocycles. The van der Waals surface area contributed by atoms with E-state index in [1.165, 1.54) is 18.0 Å². The van der Waals surface area contributed by atoms with E-state index in [1.807, 2.05) is 12.1 Å². The van der Waals surface area contributed by atoms with Gasteiger partial charge < -0.3 is 10.2 Å². The van der Waals surface area contributed by atoms with Gasteiger partial charge in [-0.1, -0.05) is 47.5 Å². The first-order valence-electron chi connectivity index (χ1n) is 9.71. The second-order valence-corrected chi connectivity index (χ2v) is 8.06. The Morgan fingerprint density at radius 3 is 2.42 bits per heavy atom. The molecule has 1 amide bonds. The number of hydrogen-bond donors (Lipinski definition) is 4. The summed E-state index contributed by atoms with van der Waals surface area (Å²) in [4.78, 5) is 35.1. The predicted molar refractivity (Wildman–Crippen MR) is 122 cm³/mol. The molecule has 9 nitrogen and oxygen atoms in total. The molecule has 1 aromatic heterocycles. The number of benzene rings is 2. The molecule has 0 fully saturated rings. The number of halogens is 2. The monoisotopic (exact) mass is 490 g/mol. The molecular weight excluding hydrogens is 471 g/mol. The number of carboxylic acids is 1. The first-order valence-corrected chi connectivity index (χ1v) is 10.5. The Balaban J connectivity index is 1.77. The number of Topliss-reactive ketones (excluding diaryl/α,β-unsaturated/α-hetero) is 1. The molecule has 3 aromatic rings. The van der Waals surface area contributed by atoms with Crippen LogP contribution in [0.4, 0.5) is 0 Å². The third-order valence-electron chi connectivity index (χ3n) is 4.69. The number of hydrogen-bond acceptors (Lipinski definition) is 6. The predicted octanol–water partition coefficient (Wildman–Crippen LogP) is 3.18. The van der Waals surface area contributed by atoms with Crippen LogP contribution in [0.5, 0.6) is 0 Å². The zero-order valence-electron chi connectivity index (χ0n) is 17.4. The minimum atomic E-state index is -1.73. The Hall–Kier alpha value is -3.24. The number of nitrogens with one attached hydrogen (secondary N) is 2. The number of ketones is 1. The van der Waals surface area contributed by atoms with E-state index in [4.69, 9.17) is 28.3 Å². The Morgan fingerprint density at radius 2 is 1.82 bits per heavy atom. The van der Waals surface area contributed by atoms with Gasteiger partial charge in [-0.05, 0) is 35.4 Å². The number of amides is 1. The van der Waals surface area contributed by atoms with Gasteiger partial charge in [0.1, 0.15) is 11.4 Å². The largest absolute Gasteiger partial charge is 0.479 e. The van der Waals surface area contributed by atoms with Gasteiger partial charge in [0, 0.05) is 29.1 Å². The van der Waals surface area contributed by atoms with E-state index >= 15 is 0 Å². The molecule has 0 spiro atoms. The van der Waals surface area contributed by atoms with Crippen molar-refractivity contribution in [2.45, 2.75) is 19.6 Å². The van der Waals surface area contributed by atoms with Crippen molar-refractivity contribution in [1.82, 2.24) is 20.6 Å². The number of carbonyl (C=O) groups is 3. The first kappa shape index (κ1) is 24.4. The van der Waals surface area contributed by atoms with Crippen molar-refractivity contribution in [3.8, 4) is 11.1 Å². The molecule has 2 aromatic carbocycles. The minimum absolute atomic E-state index is 0.0148. The Bertz CT molecular complexity index is 1180. The average Bonchev–Trinajstić information content (AvgIpc) is 3.27. The SMILES string of the molecule is CC(=O)c1cc(C(=O)NN(Cc2ccc(-c3cc(Cl)ccc3Cl)cc2)CC(O)C(=O)O)[nH]n1. The standard InChI is InChI=1S/C22H20Cl2N4O5/c1-12(29)18-9-19(26-25-18)21(31)27-28(11-20(30)22(32)33)10-13-2-4-14(5-3-13)16-8-15(23)6-7-17(16)24/h2-9,20,30H,10-11H2,1H3,(H,25,26)(H,27,31)(H,32,33). The lowest BCUT2D eigenvalue weighted by Gasteiger charge is -2.24. The summed E-state index contributed by atoms with van der Waals surface area (Å²) in [7, 11) is 0. The van der Waals surface area contributed by atoms with E-state index in [9.17, 15) is 19.5 Å². The van der Waals surface area contributed by atoms with Crippen molar-refractivity contribution in [3.63, 3.8) is 0 Å². The van der Waals surface area contributed by atoms with Gasteiger partial charge in [0.25, 0.3) is 5.91 Å². The fourth-order valence-electron chi connectivity index (χ4n) is 2.99. The number of aliphatic hydroxyl groups excluding tert-OH is 1. The summed E-state index contributed by atoms with van der Waals surface area (Å²) >= 11 is 12.3. The zero-order chi connectivity index (χ0) is 24.1. The Labute approximate surface area is 198 Å². The molecule has 0 aliphatic heterocycles. The highest BCUT2D eigenvalue weighted by atomic mass is 35.5. The van der Waals surface area contributed by atoms with Crippen molar-refractivity contribution in [1.29, 1.82) is 0 Å². The summed E-state index contributed by atoms with van der Waals surface area (Å²) in [6.45, 7) is 1.03. The minimum Gasteiger partial charge on any atom is -0.479 e. The van der Waals surface area contributed by atoms with Crippen LogP contribution in [-0.2, 0) is 11.3 Å². The van der Waals surface area contributed by atoms with Crippen LogP contribution in [-0.4, -0.2) is 55.7 Å². The van der Waals surface area contributed by atoms with Crippen molar-refractivity contribution in [2.24, 2.45) is 0 Å². The van der Waals surface area contributed by atoms with Gasteiger partial charge in [-0.3, -0.25) is 20.1 Å². The Morgan fingerprint density at radius 1 is 1.12 bits per heavy atom. The van der Waals surface area contributed by atoms with Crippen LogP contribution >= 0.6 is 23.2 Å². The maximum atomic E-state index is 12.5. The fourth-order valence-corrected chi connectivity index (χ4v) is 3.39. The van der Waals surface area contributed by atoms with Gasteiger partial charge in [0.2, 0.25) is 0 Å². The van der Waals surface area contributed by atoms with Gasteiger partial charge in [0.15, 0.2) is 11.9 Å². The number of aliphatic carboxylic acids is 1. The first-order chi connectivity index (χ1) is 15.6. The van der Waals surface area contributed by atoms with Crippen LogP contribution in [0.25, 0.3) is 11.1 Å². The number of aliphatic hydroxyl groups is 1.